The lowest BCUT2D eigenvalue weighted by atomic mass is 10.2. The molecule has 0 saturated carbocycles. The zero-order chi connectivity index (χ0) is 15.2. The highest BCUT2D eigenvalue weighted by atomic mass is 19.4. The Balaban J connectivity index is 2.04. The molecule has 108 valence electrons. The monoisotopic (exact) mass is 299 g/mol. The minimum Gasteiger partial charge on any atom is -0.337 e. The second kappa shape index (κ2) is 4.51. The summed E-state index contributed by atoms with van der Waals surface area (Å²) in [5.41, 5.74) is -0.365. The molecule has 0 bridgehead atoms. The second-order valence-electron chi connectivity index (χ2n) is 4.30. The van der Waals surface area contributed by atoms with E-state index in [0.717, 1.165) is 24.3 Å². The van der Waals surface area contributed by atoms with Crippen LogP contribution in [-0.4, -0.2) is 15.0 Å². The molecule has 0 aliphatic rings. The van der Waals surface area contributed by atoms with E-state index in [4.69, 9.17) is 0 Å². The van der Waals surface area contributed by atoms with Crippen LogP contribution in [0.25, 0.3) is 22.6 Å². The Labute approximate surface area is 114 Å². The normalized spacial score (nSPS) is 12.0. The van der Waals surface area contributed by atoms with Gasteiger partial charge in [-0.15, -0.1) is 0 Å². The van der Waals surface area contributed by atoms with Crippen molar-refractivity contribution in [3.63, 3.8) is 0 Å². The van der Waals surface area contributed by atoms with Gasteiger partial charge in [0.05, 0.1) is 16.6 Å². The lowest BCUT2D eigenvalue weighted by Gasteiger charge is -2.05. The van der Waals surface area contributed by atoms with Crippen LogP contribution in [0, 0.1) is 11.6 Å². The summed E-state index contributed by atoms with van der Waals surface area (Å²) in [6.45, 7) is 0. The summed E-state index contributed by atoms with van der Waals surface area (Å²) in [6.07, 6.45) is -3.81. The molecule has 1 aromatic carbocycles. The van der Waals surface area contributed by atoms with Gasteiger partial charge in [-0.2, -0.15) is 13.2 Å². The topological polar surface area (TPSA) is 41.6 Å². The summed E-state index contributed by atoms with van der Waals surface area (Å²) in [5.74, 6) is -1.97. The fraction of sp³-hybridized carbons (Fsp3) is 0.0769. The highest BCUT2D eigenvalue weighted by molar-refractivity contribution is 5.78. The van der Waals surface area contributed by atoms with Crippen LogP contribution in [0.1, 0.15) is 5.56 Å². The third-order valence-electron chi connectivity index (χ3n) is 2.86. The Kier molecular flexibility index (Phi) is 2.89. The lowest BCUT2D eigenvalue weighted by Crippen LogP contribution is -2.05. The number of halogens is 5. The smallest absolute Gasteiger partial charge is 0.337 e. The van der Waals surface area contributed by atoms with Gasteiger partial charge >= 0.3 is 6.18 Å². The van der Waals surface area contributed by atoms with Gasteiger partial charge < -0.3 is 4.98 Å². The van der Waals surface area contributed by atoms with Crippen LogP contribution in [0.3, 0.4) is 0 Å². The SMILES string of the molecule is Fc1cc2nc(-c3ccc(C(F)(F)F)cn3)[nH]c2cc1F. The quantitative estimate of drug-likeness (QED) is 0.692. The summed E-state index contributed by atoms with van der Waals surface area (Å²) in [6, 6.07) is 3.81. The highest BCUT2D eigenvalue weighted by Crippen LogP contribution is 2.29. The van der Waals surface area contributed by atoms with E-state index < -0.39 is 23.4 Å². The van der Waals surface area contributed by atoms with Crippen LogP contribution in [0.4, 0.5) is 22.0 Å². The van der Waals surface area contributed by atoms with Crippen molar-refractivity contribution in [2.45, 2.75) is 6.18 Å². The van der Waals surface area contributed by atoms with Crippen molar-refractivity contribution in [3.8, 4) is 11.5 Å². The van der Waals surface area contributed by atoms with E-state index in [1.165, 1.54) is 0 Å². The number of H-pyrrole nitrogens is 1. The Morgan fingerprint density at radius 1 is 1.00 bits per heavy atom. The molecule has 0 spiro atoms. The third kappa shape index (κ3) is 2.44. The number of alkyl halides is 3. The molecule has 0 fully saturated rings. The van der Waals surface area contributed by atoms with Gasteiger partial charge in [0, 0.05) is 18.3 Å². The standard InChI is InChI=1S/C13H6F5N3/c14-7-3-10-11(4-8(7)15)21-12(20-10)9-2-1-6(5-19-9)13(16,17)18/h1-5H,(H,20,21). The number of nitrogens with zero attached hydrogens (tertiary/aromatic N) is 2. The lowest BCUT2D eigenvalue weighted by molar-refractivity contribution is -0.137. The van der Waals surface area contributed by atoms with Crippen molar-refractivity contribution >= 4 is 11.0 Å². The zero-order valence-electron chi connectivity index (χ0n) is 10.2. The Bertz CT molecular complexity index is 766. The number of benzene rings is 1. The third-order valence-corrected chi connectivity index (χ3v) is 2.86. The molecule has 3 rings (SSSR count). The molecule has 8 heteroatoms. The molecule has 2 heterocycles. The van der Waals surface area contributed by atoms with Gasteiger partial charge in [-0.05, 0) is 12.1 Å². The highest BCUT2D eigenvalue weighted by Gasteiger charge is 2.30. The molecule has 0 aliphatic carbocycles. The van der Waals surface area contributed by atoms with Crippen molar-refractivity contribution in [1.29, 1.82) is 0 Å². The largest absolute Gasteiger partial charge is 0.417 e. The molecule has 0 atom stereocenters. The molecule has 0 saturated heterocycles. The maximum Gasteiger partial charge on any atom is 0.417 e. The van der Waals surface area contributed by atoms with Crippen LogP contribution in [0.5, 0.6) is 0 Å². The fourth-order valence-electron chi connectivity index (χ4n) is 1.83. The van der Waals surface area contributed by atoms with Gasteiger partial charge in [0.25, 0.3) is 0 Å². The Morgan fingerprint density at radius 3 is 2.33 bits per heavy atom. The van der Waals surface area contributed by atoms with Crippen molar-refractivity contribution in [2.75, 3.05) is 0 Å². The first-order chi connectivity index (χ1) is 9.84. The number of hydrogen-bond acceptors (Lipinski definition) is 2. The molecule has 21 heavy (non-hydrogen) atoms. The predicted molar refractivity (Wildman–Crippen MR) is 64.2 cm³/mol. The molecule has 0 unspecified atom stereocenters. The molecule has 3 nitrogen and oxygen atoms in total. The van der Waals surface area contributed by atoms with Gasteiger partial charge in [-0.1, -0.05) is 0 Å². The summed E-state index contributed by atoms with van der Waals surface area (Å²) in [4.78, 5) is 10.3. The van der Waals surface area contributed by atoms with Crippen molar-refractivity contribution < 1.29 is 22.0 Å². The molecule has 0 amide bonds. The molecule has 1 N–H and O–H groups in total. The first-order valence-corrected chi connectivity index (χ1v) is 5.73. The van der Waals surface area contributed by atoms with Crippen LogP contribution in [0.2, 0.25) is 0 Å². The number of aromatic amines is 1. The number of pyridine rings is 1. The van der Waals surface area contributed by atoms with Crippen LogP contribution < -0.4 is 0 Å². The first kappa shape index (κ1) is 13.5. The minimum absolute atomic E-state index is 0.128. The number of rotatable bonds is 1. The van der Waals surface area contributed by atoms with Crippen molar-refractivity contribution in [3.05, 3.63) is 47.7 Å². The number of aromatic nitrogens is 3. The van der Waals surface area contributed by atoms with E-state index in [1.807, 2.05) is 0 Å². The Morgan fingerprint density at radius 2 is 1.71 bits per heavy atom. The maximum atomic E-state index is 13.1. The van der Waals surface area contributed by atoms with Gasteiger partial charge in [-0.25, -0.2) is 13.8 Å². The summed E-state index contributed by atoms with van der Waals surface area (Å²) >= 11 is 0. The molecular formula is C13H6F5N3. The summed E-state index contributed by atoms with van der Waals surface area (Å²) in [7, 11) is 0. The van der Waals surface area contributed by atoms with Crippen molar-refractivity contribution in [2.24, 2.45) is 0 Å². The van der Waals surface area contributed by atoms with Gasteiger partial charge in [0.2, 0.25) is 0 Å². The molecule has 0 radical (unpaired) electrons. The molecule has 3 aromatic rings. The average molecular weight is 299 g/mol. The van der Waals surface area contributed by atoms with Crippen LogP contribution in [0.15, 0.2) is 30.5 Å². The number of imidazole rings is 1. The van der Waals surface area contributed by atoms with E-state index in [2.05, 4.69) is 15.0 Å². The molecule has 2 aromatic heterocycles. The van der Waals surface area contributed by atoms with Crippen LogP contribution in [-0.2, 0) is 6.18 Å². The first-order valence-electron chi connectivity index (χ1n) is 5.73. The fourth-order valence-corrected chi connectivity index (χ4v) is 1.83. The van der Waals surface area contributed by atoms with E-state index in [0.29, 0.717) is 6.20 Å². The van der Waals surface area contributed by atoms with E-state index in [1.54, 1.807) is 0 Å². The maximum absolute atomic E-state index is 13.1. The van der Waals surface area contributed by atoms with Crippen molar-refractivity contribution in [1.82, 2.24) is 15.0 Å². The number of hydrogen-bond donors (Lipinski definition) is 1. The van der Waals surface area contributed by atoms with Gasteiger partial charge in [-0.3, -0.25) is 4.98 Å². The zero-order valence-corrected chi connectivity index (χ0v) is 10.2. The minimum atomic E-state index is -4.48. The van der Waals surface area contributed by atoms with Gasteiger partial charge in [0.1, 0.15) is 5.69 Å². The van der Waals surface area contributed by atoms with Gasteiger partial charge in [0.15, 0.2) is 17.5 Å². The number of fused-ring (bicyclic) bond motifs is 1. The Hall–Kier alpha value is -2.51. The van der Waals surface area contributed by atoms with Crippen LogP contribution >= 0.6 is 0 Å². The number of nitrogens with one attached hydrogen (secondary N) is 1. The van der Waals surface area contributed by atoms with E-state index in [-0.39, 0.29) is 22.6 Å². The van der Waals surface area contributed by atoms with E-state index >= 15 is 0 Å². The summed E-state index contributed by atoms with van der Waals surface area (Å²) < 4.78 is 63.5. The summed E-state index contributed by atoms with van der Waals surface area (Å²) in [5, 5.41) is 0. The second-order valence-corrected chi connectivity index (χ2v) is 4.30. The molecule has 0 aliphatic heterocycles. The van der Waals surface area contributed by atoms with E-state index in [9.17, 15) is 22.0 Å². The average Bonchev–Trinajstić information content (AvgIpc) is 2.81. The predicted octanol–water partition coefficient (Wildman–Crippen LogP) is 3.92. The molecular weight excluding hydrogens is 293 g/mol.